The van der Waals surface area contributed by atoms with Crippen molar-refractivity contribution in [3.8, 4) is 22.9 Å². The lowest BCUT2D eigenvalue weighted by Gasteiger charge is -2.14. The quantitative estimate of drug-likeness (QED) is 0.138. The summed E-state index contributed by atoms with van der Waals surface area (Å²) in [6, 6.07) is 8.14. The van der Waals surface area contributed by atoms with E-state index in [0.29, 0.717) is 35.6 Å². The Labute approximate surface area is 214 Å². The molecule has 196 valence electrons. The second-order valence-corrected chi connectivity index (χ2v) is 9.35. The summed E-state index contributed by atoms with van der Waals surface area (Å²) in [6.07, 6.45) is 15.4. The van der Waals surface area contributed by atoms with Crippen LogP contribution in [0.25, 0.3) is 22.0 Å². The zero-order valence-corrected chi connectivity index (χ0v) is 21.8. The number of hydrogen-bond acceptors (Lipinski definition) is 4. The number of aromatic nitrogens is 2. The molecule has 4 nitrogen and oxygen atoms in total. The van der Waals surface area contributed by atoms with E-state index in [2.05, 4.69) is 23.8 Å². The van der Waals surface area contributed by atoms with Crippen LogP contribution in [0, 0.1) is 11.8 Å². The third kappa shape index (κ3) is 8.14. The smallest absolute Gasteiger partial charge is 0.227 e. The summed E-state index contributed by atoms with van der Waals surface area (Å²) in [4.78, 5) is 8.38. The third-order valence-corrected chi connectivity index (χ3v) is 6.41. The van der Waals surface area contributed by atoms with E-state index in [1.807, 2.05) is 12.1 Å². The molecule has 0 amide bonds. The first-order chi connectivity index (χ1) is 17.7. The summed E-state index contributed by atoms with van der Waals surface area (Å²) >= 11 is 0. The molecule has 2 heterocycles. The van der Waals surface area contributed by atoms with E-state index in [4.69, 9.17) is 9.47 Å². The van der Waals surface area contributed by atoms with Crippen LogP contribution in [0.3, 0.4) is 0 Å². The number of nitrogens with zero attached hydrogens (tertiary/aromatic N) is 2. The first kappa shape index (κ1) is 27.8. The van der Waals surface area contributed by atoms with Crippen LogP contribution in [0.4, 0.5) is 8.78 Å². The fraction of sp³-hybridized carbons (Fsp3) is 0.533. The van der Waals surface area contributed by atoms with Crippen LogP contribution < -0.4 is 9.47 Å². The van der Waals surface area contributed by atoms with Crippen molar-refractivity contribution in [2.45, 2.75) is 90.9 Å². The zero-order chi connectivity index (χ0) is 25.6. The minimum absolute atomic E-state index is 0.158. The van der Waals surface area contributed by atoms with Crippen LogP contribution in [-0.4, -0.2) is 23.2 Å². The molecular weight excluding hydrogens is 458 g/mol. The monoisotopic (exact) mass is 498 g/mol. The molecule has 0 atom stereocenters. The van der Waals surface area contributed by atoms with Crippen LogP contribution in [0.1, 0.15) is 90.9 Å². The molecule has 0 saturated carbocycles. The molecule has 3 rings (SSSR count). The van der Waals surface area contributed by atoms with Crippen molar-refractivity contribution < 1.29 is 18.3 Å². The van der Waals surface area contributed by atoms with E-state index >= 15 is 0 Å². The van der Waals surface area contributed by atoms with Crippen molar-refractivity contribution in [1.82, 2.24) is 9.97 Å². The molecule has 0 unspecified atom stereocenters. The molecule has 0 N–H and O–H groups in total. The van der Waals surface area contributed by atoms with Gasteiger partial charge >= 0.3 is 0 Å². The molecule has 3 aromatic rings. The maximum absolute atomic E-state index is 14.9. The van der Waals surface area contributed by atoms with Crippen molar-refractivity contribution in [1.29, 1.82) is 0 Å². The van der Waals surface area contributed by atoms with E-state index in [9.17, 15) is 8.78 Å². The van der Waals surface area contributed by atoms with Gasteiger partial charge in [-0.3, -0.25) is 4.98 Å². The second-order valence-electron chi connectivity index (χ2n) is 9.35. The number of ether oxygens (including phenoxy) is 2. The molecule has 6 heteroatoms. The molecule has 0 aliphatic heterocycles. The Balaban J connectivity index is 1.75. The highest BCUT2D eigenvalue weighted by atomic mass is 19.1. The van der Waals surface area contributed by atoms with Gasteiger partial charge in [-0.2, -0.15) is 9.37 Å². The summed E-state index contributed by atoms with van der Waals surface area (Å²) in [6.45, 7) is 5.42. The van der Waals surface area contributed by atoms with Gasteiger partial charge in [0.2, 0.25) is 11.8 Å². The lowest BCUT2D eigenvalue weighted by atomic mass is 10.0. The summed E-state index contributed by atoms with van der Waals surface area (Å²) < 4.78 is 41.4. The van der Waals surface area contributed by atoms with Gasteiger partial charge in [-0.15, -0.1) is 0 Å². The summed E-state index contributed by atoms with van der Waals surface area (Å²) in [5, 5.41) is 0.218. The Morgan fingerprint density at radius 3 is 2.08 bits per heavy atom. The number of rotatable bonds is 17. The SMILES string of the molecule is CCCCCCCCOc1cc2c(-c3ncccc3OCCCCCCCC)ccc(F)c2c(F)n1. The Kier molecular flexibility index (Phi) is 11.9. The van der Waals surface area contributed by atoms with E-state index in [1.165, 1.54) is 51.0 Å². The predicted octanol–water partition coefficient (Wildman–Crippen LogP) is 9.05. The molecule has 0 radical (unpaired) electrons. The molecule has 0 spiro atoms. The van der Waals surface area contributed by atoms with Gasteiger partial charge in [-0.05, 0) is 37.1 Å². The normalized spacial score (nSPS) is 11.2. The summed E-state index contributed by atoms with van der Waals surface area (Å²) in [7, 11) is 0. The standard InChI is InChI=1S/C30H40F2N2O2/c1-3-5-7-9-11-13-20-35-26-16-15-19-33-29(26)23-17-18-25(31)28-24(23)22-27(34-30(28)32)36-21-14-12-10-8-6-4-2/h15-19,22H,3-14,20-21H2,1-2H3. The number of unbranched alkanes of at least 4 members (excludes halogenated alkanes) is 10. The van der Waals surface area contributed by atoms with E-state index < -0.39 is 11.8 Å². The zero-order valence-electron chi connectivity index (χ0n) is 21.8. The van der Waals surface area contributed by atoms with Crippen molar-refractivity contribution >= 4 is 10.8 Å². The van der Waals surface area contributed by atoms with E-state index in [-0.39, 0.29) is 11.3 Å². The fourth-order valence-electron chi connectivity index (χ4n) is 4.37. The molecular formula is C30H40F2N2O2. The molecule has 0 aliphatic rings. The molecule has 0 bridgehead atoms. The van der Waals surface area contributed by atoms with Gasteiger partial charge in [-0.1, -0.05) is 78.1 Å². The van der Waals surface area contributed by atoms with Crippen molar-refractivity contribution in [3.05, 3.63) is 48.3 Å². The highest BCUT2D eigenvalue weighted by Gasteiger charge is 2.18. The average Bonchev–Trinajstić information content (AvgIpc) is 2.88. The average molecular weight is 499 g/mol. The highest BCUT2D eigenvalue weighted by Crippen LogP contribution is 2.36. The number of benzene rings is 1. The lowest BCUT2D eigenvalue weighted by molar-refractivity contribution is 0.290. The Hall–Kier alpha value is -2.76. The molecule has 2 aromatic heterocycles. The summed E-state index contributed by atoms with van der Waals surface area (Å²) in [5.74, 6) is -0.779. The van der Waals surface area contributed by atoms with Crippen molar-refractivity contribution in [2.75, 3.05) is 13.2 Å². The van der Waals surface area contributed by atoms with Crippen LogP contribution in [0.2, 0.25) is 0 Å². The largest absolute Gasteiger partial charge is 0.491 e. The molecule has 1 aromatic carbocycles. The number of fused-ring (bicyclic) bond motifs is 1. The first-order valence-electron chi connectivity index (χ1n) is 13.7. The molecule has 0 aliphatic carbocycles. The van der Waals surface area contributed by atoms with Gasteiger partial charge in [0, 0.05) is 23.2 Å². The lowest BCUT2D eigenvalue weighted by Crippen LogP contribution is -2.03. The predicted molar refractivity (Wildman–Crippen MR) is 143 cm³/mol. The highest BCUT2D eigenvalue weighted by molar-refractivity contribution is 5.97. The Morgan fingerprint density at radius 2 is 1.39 bits per heavy atom. The van der Waals surface area contributed by atoms with Gasteiger partial charge in [0.1, 0.15) is 17.3 Å². The number of hydrogen-bond donors (Lipinski definition) is 0. The Bertz CT molecular complexity index is 1070. The van der Waals surface area contributed by atoms with E-state index in [0.717, 1.165) is 32.1 Å². The van der Waals surface area contributed by atoms with Crippen LogP contribution in [0.5, 0.6) is 11.6 Å². The summed E-state index contributed by atoms with van der Waals surface area (Å²) in [5.41, 5.74) is 1.15. The van der Waals surface area contributed by atoms with Crippen LogP contribution in [-0.2, 0) is 0 Å². The number of pyridine rings is 2. The van der Waals surface area contributed by atoms with Gasteiger partial charge in [0.05, 0.1) is 18.6 Å². The molecule has 0 saturated heterocycles. The maximum Gasteiger partial charge on any atom is 0.227 e. The maximum atomic E-state index is 14.9. The fourth-order valence-corrected chi connectivity index (χ4v) is 4.37. The molecule has 0 fully saturated rings. The van der Waals surface area contributed by atoms with Gasteiger partial charge in [-0.25, -0.2) is 4.39 Å². The Morgan fingerprint density at radius 1 is 0.750 bits per heavy atom. The van der Waals surface area contributed by atoms with Crippen molar-refractivity contribution in [2.24, 2.45) is 0 Å². The molecule has 36 heavy (non-hydrogen) atoms. The van der Waals surface area contributed by atoms with Gasteiger partial charge in [0.15, 0.2) is 0 Å². The van der Waals surface area contributed by atoms with E-state index in [1.54, 1.807) is 18.3 Å². The van der Waals surface area contributed by atoms with Crippen molar-refractivity contribution in [3.63, 3.8) is 0 Å². The number of halogens is 2. The third-order valence-electron chi connectivity index (χ3n) is 6.41. The first-order valence-corrected chi connectivity index (χ1v) is 13.7. The van der Waals surface area contributed by atoms with Crippen LogP contribution in [0.15, 0.2) is 36.5 Å². The second kappa shape index (κ2) is 15.4. The van der Waals surface area contributed by atoms with Gasteiger partial charge < -0.3 is 9.47 Å². The minimum Gasteiger partial charge on any atom is -0.491 e. The minimum atomic E-state index is -0.879. The van der Waals surface area contributed by atoms with Gasteiger partial charge in [0.25, 0.3) is 0 Å². The van der Waals surface area contributed by atoms with Crippen LogP contribution >= 0.6 is 0 Å². The topological polar surface area (TPSA) is 44.2 Å².